The molecule has 5 nitrogen and oxygen atoms in total. The van der Waals surface area contributed by atoms with Crippen LogP contribution in [-0.4, -0.2) is 25.8 Å². The highest BCUT2D eigenvalue weighted by Crippen LogP contribution is 2.34. The topological polar surface area (TPSA) is 50.8 Å². The molecule has 0 atom stereocenters. The number of nitrogens with one attached hydrogen (secondary N) is 1. The largest absolute Gasteiger partial charge is 0.486 e. The van der Waals surface area contributed by atoms with Gasteiger partial charge in [0.15, 0.2) is 11.5 Å². The van der Waals surface area contributed by atoms with Gasteiger partial charge in [0.2, 0.25) is 0 Å². The van der Waals surface area contributed by atoms with Crippen LogP contribution < -0.4 is 19.7 Å². The third kappa shape index (κ3) is 2.98. The second-order valence-electron chi connectivity index (χ2n) is 4.87. The van der Waals surface area contributed by atoms with Crippen LogP contribution in [0.3, 0.4) is 0 Å². The van der Waals surface area contributed by atoms with Gasteiger partial charge in [-0.3, -0.25) is 4.90 Å². The minimum absolute atomic E-state index is 0.176. The Balaban J connectivity index is 1.80. The number of ether oxygens (including phenoxy) is 2. The van der Waals surface area contributed by atoms with Crippen molar-refractivity contribution < 1.29 is 14.3 Å². The van der Waals surface area contributed by atoms with Gasteiger partial charge >= 0.3 is 6.03 Å². The van der Waals surface area contributed by atoms with E-state index in [1.54, 1.807) is 4.90 Å². The van der Waals surface area contributed by atoms with Crippen LogP contribution in [0.15, 0.2) is 48.5 Å². The molecule has 2 aromatic carbocycles. The highest BCUT2D eigenvalue weighted by molar-refractivity contribution is 6.01. The van der Waals surface area contributed by atoms with E-state index in [4.69, 9.17) is 9.47 Å². The second kappa shape index (κ2) is 6.39. The molecule has 0 fully saturated rings. The minimum Gasteiger partial charge on any atom is -0.486 e. The number of benzene rings is 2. The van der Waals surface area contributed by atoms with Crippen LogP contribution in [0.5, 0.6) is 11.5 Å². The Morgan fingerprint density at radius 3 is 2.55 bits per heavy atom. The molecule has 5 heteroatoms. The van der Waals surface area contributed by atoms with Gasteiger partial charge in [-0.2, -0.15) is 0 Å². The fourth-order valence-corrected chi connectivity index (χ4v) is 2.36. The third-order valence-corrected chi connectivity index (χ3v) is 3.42. The fourth-order valence-electron chi connectivity index (χ4n) is 2.36. The monoisotopic (exact) mass is 298 g/mol. The molecule has 0 saturated heterocycles. The molecule has 0 aromatic heterocycles. The van der Waals surface area contributed by atoms with Crippen molar-refractivity contribution >= 4 is 17.4 Å². The molecule has 22 heavy (non-hydrogen) atoms. The van der Waals surface area contributed by atoms with E-state index in [0.29, 0.717) is 25.5 Å². The Kier molecular flexibility index (Phi) is 4.14. The van der Waals surface area contributed by atoms with Gasteiger partial charge in [-0.05, 0) is 31.2 Å². The maximum atomic E-state index is 12.5. The van der Waals surface area contributed by atoms with Crippen LogP contribution in [0.2, 0.25) is 0 Å². The molecule has 1 N–H and O–H groups in total. The number of rotatable bonds is 3. The molecule has 2 aromatic rings. The number of carbonyl (C=O) groups excluding carboxylic acids is 1. The van der Waals surface area contributed by atoms with E-state index in [2.05, 4.69) is 5.32 Å². The number of urea groups is 1. The molecule has 1 heterocycles. The number of para-hydroxylation sites is 1. The van der Waals surface area contributed by atoms with Crippen LogP contribution in [0.25, 0.3) is 0 Å². The molecule has 2 amide bonds. The predicted molar refractivity (Wildman–Crippen MR) is 85.9 cm³/mol. The third-order valence-electron chi connectivity index (χ3n) is 3.42. The maximum absolute atomic E-state index is 12.5. The van der Waals surface area contributed by atoms with Gasteiger partial charge < -0.3 is 14.8 Å². The van der Waals surface area contributed by atoms with Gasteiger partial charge in [0.05, 0.1) is 0 Å². The molecule has 1 aliphatic heterocycles. The molecule has 0 bridgehead atoms. The Hall–Kier alpha value is -2.69. The molecule has 114 valence electrons. The SMILES string of the molecule is CCN(C(=O)Nc1ccccc1)c1ccc2c(c1)OCCO2. The first-order valence-corrected chi connectivity index (χ1v) is 7.31. The fraction of sp³-hybridized carbons (Fsp3) is 0.235. The smallest absolute Gasteiger partial charge is 0.326 e. The van der Waals surface area contributed by atoms with Crippen LogP contribution in [0, 0.1) is 0 Å². The van der Waals surface area contributed by atoms with Crippen LogP contribution in [0.4, 0.5) is 16.2 Å². The number of hydrogen-bond acceptors (Lipinski definition) is 3. The number of fused-ring (bicyclic) bond motifs is 1. The van der Waals surface area contributed by atoms with Crippen molar-refractivity contribution in [1.29, 1.82) is 0 Å². The number of carbonyl (C=O) groups is 1. The van der Waals surface area contributed by atoms with E-state index in [-0.39, 0.29) is 6.03 Å². The Morgan fingerprint density at radius 1 is 1.09 bits per heavy atom. The number of nitrogens with zero attached hydrogens (tertiary/aromatic N) is 1. The highest BCUT2D eigenvalue weighted by Gasteiger charge is 2.18. The lowest BCUT2D eigenvalue weighted by Crippen LogP contribution is -2.34. The molecule has 0 saturated carbocycles. The summed E-state index contributed by atoms with van der Waals surface area (Å²) < 4.78 is 11.1. The van der Waals surface area contributed by atoms with Gasteiger partial charge in [-0.1, -0.05) is 18.2 Å². The number of hydrogen-bond donors (Lipinski definition) is 1. The van der Waals surface area contributed by atoms with Gasteiger partial charge in [0.25, 0.3) is 0 Å². The van der Waals surface area contributed by atoms with Gasteiger partial charge in [0, 0.05) is 24.0 Å². The molecule has 3 rings (SSSR count). The summed E-state index contributed by atoms with van der Waals surface area (Å²) in [5.41, 5.74) is 1.55. The van der Waals surface area contributed by atoms with Gasteiger partial charge in [-0.25, -0.2) is 4.79 Å². The van der Waals surface area contributed by atoms with Gasteiger partial charge in [-0.15, -0.1) is 0 Å². The first-order valence-electron chi connectivity index (χ1n) is 7.31. The van der Waals surface area contributed by atoms with Crippen molar-refractivity contribution in [2.75, 3.05) is 30.0 Å². The van der Waals surface area contributed by atoms with Crippen LogP contribution >= 0.6 is 0 Å². The summed E-state index contributed by atoms with van der Waals surface area (Å²) in [7, 11) is 0. The molecular weight excluding hydrogens is 280 g/mol. The lowest BCUT2D eigenvalue weighted by molar-refractivity contribution is 0.171. The van der Waals surface area contributed by atoms with Crippen LogP contribution in [0.1, 0.15) is 6.92 Å². The molecule has 0 unspecified atom stereocenters. The summed E-state index contributed by atoms with van der Waals surface area (Å²) in [4.78, 5) is 14.1. The summed E-state index contributed by atoms with van der Waals surface area (Å²) in [6, 6.07) is 14.8. The van der Waals surface area contributed by atoms with Crippen LogP contribution in [-0.2, 0) is 0 Å². The number of amides is 2. The summed E-state index contributed by atoms with van der Waals surface area (Å²) in [6.45, 7) is 3.57. The lowest BCUT2D eigenvalue weighted by Gasteiger charge is -2.24. The molecule has 0 spiro atoms. The summed E-state index contributed by atoms with van der Waals surface area (Å²) in [5, 5.41) is 2.89. The molecule has 0 aliphatic carbocycles. The zero-order chi connectivity index (χ0) is 15.4. The zero-order valence-electron chi connectivity index (χ0n) is 12.4. The lowest BCUT2D eigenvalue weighted by atomic mass is 10.2. The standard InChI is InChI=1S/C17H18N2O3/c1-2-19(17(20)18-13-6-4-3-5-7-13)14-8-9-15-16(12-14)22-11-10-21-15/h3-9,12H,2,10-11H2,1H3,(H,18,20). The van der Waals surface area contributed by atoms with Crippen molar-refractivity contribution in [3.05, 3.63) is 48.5 Å². The van der Waals surface area contributed by atoms with Crippen molar-refractivity contribution in [2.24, 2.45) is 0 Å². The maximum Gasteiger partial charge on any atom is 0.326 e. The summed E-state index contributed by atoms with van der Waals surface area (Å²) in [5.74, 6) is 1.39. The average Bonchev–Trinajstić information content (AvgIpc) is 2.56. The predicted octanol–water partition coefficient (Wildman–Crippen LogP) is 3.52. The van der Waals surface area contributed by atoms with Crippen molar-refractivity contribution in [1.82, 2.24) is 0 Å². The van der Waals surface area contributed by atoms with Gasteiger partial charge in [0.1, 0.15) is 13.2 Å². The Bertz CT molecular complexity index is 658. The zero-order valence-corrected chi connectivity index (χ0v) is 12.4. The van der Waals surface area contributed by atoms with E-state index in [0.717, 1.165) is 17.1 Å². The second-order valence-corrected chi connectivity index (χ2v) is 4.87. The Labute approximate surface area is 129 Å². The minimum atomic E-state index is -0.176. The Morgan fingerprint density at radius 2 is 1.82 bits per heavy atom. The quantitative estimate of drug-likeness (QED) is 0.943. The van der Waals surface area contributed by atoms with Crippen molar-refractivity contribution in [2.45, 2.75) is 6.92 Å². The first kappa shape index (κ1) is 14.3. The van der Waals surface area contributed by atoms with Crippen molar-refractivity contribution in [3.63, 3.8) is 0 Å². The average molecular weight is 298 g/mol. The summed E-state index contributed by atoms with van der Waals surface area (Å²) >= 11 is 0. The number of anilines is 2. The van der Waals surface area contributed by atoms with E-state index in [1.165, 1.54) is 0 Å². The molecule has 0 radical (unpaired) electrons. The summed E-state index contributed by atoms with van der Waals surface area (Å²) in [6.07, 6.45) is 0. The molecule has 1 aliphatic rings. The van der Waals surface area contributed by atoms with Crippen molar-refractivity contribution in [3.8, 4) is 11.5 Å². The molecular formula is C17H18N2O3. The van der Waals surface area contributed by atoms with E-state index < -0.39 is 0 Å². The van der Waals surface area contributed by atoms with E-state index in [1.807, 2.05) is 55.5 Å². The van der Waals surface area contributed by atoms with E-state index >= 15 is 0 Å². The van der Waals surface area contributed by atoms with E-state index in [9.17, 15) is 4.79 Å². The first-order chi connectivity index (χ1) is 10.8. The normalized spacial score (nSPS) is 12.6. The highest BCUT2D eigenvalue weighted by atomic mass is 16.6.